The number of ether oxygens (including phenoxy) is 2. The van der Waals surface area contributed by atoms with Gasteiger partial charge < -0.3 is 14.8 Å². The summed E-state index contributed by atoms with van der Waals surface area (Å²) in [7, 11) is -3.50. The van der Waals surface area contributed by atoms with Crippen molar-refractivity contribution in [3.8, 4) is 5.75 Å². The molecule has 0 aromatic heterocycles. The lowest BCUT2D eigenvalue weighted by Crippen LogP contribution is -2.35. The topological polar surface area (TPSA) is 93.7 Å². The zero-order valence-electron chi connectivity index (χ0n) is 14.5. The van der Waals surface area contributed by atoms with Crippen molar-refractivity contribution in [3.05, 3.63) is 24.3 Å². The summed E-state index contributed by atoms with van der Waals surface area (Å²) in [5, 5.41) is 2.76. The van der Waals surface area contributed by atoms with Crippen LogP contribution in [0.3, 0.4) is 0 Å². The maximum absolute atomic E-state index is 12.1. The third-order valence-electron chi connectivity index (χ3n) is 3.88. The van der Waals surface area contributed by atoms with Gasteiger partial charge in [0.1, 0.15) is 5.75 Å². The average Bonchev–Trinajstić information content (AvgIpc) is 3.12. The lowest BCUT2D eigenvalue weighted by atomic mass is 10.2. The van der Waals surface area contributed by atoms with Crippen molar-refractivity contribution in [3.63, 3.8) is 0 Å². The van der Waals surface area contributed by atoms with E-state index in [-0.39, 0.29) is 23.5 Å². The number of carbonyl (C=O) groups excluding carboxylic acids is 1. The van der Waals surface area contributed by atoms with Gasteiger partial charge in [-0.2, -0.15) is 0 Å². The van der Waals surface area contributed by atoms with E-state index in [4.69, 9.17) is 9.47 Å². The number of sulfonamides is 1. The van der Waals surface area contributed by atoms with Gasteiger partial charge in [-0.25, -0.2) is 13.1 Å². The molecule has 0 spiro atoms. The van der Waals surface area contributed by atoms with Gasteiger partial charge in [0.2, 0.25) is 10.0 Å². The van der Waals surface area contributed by atoms with Crippen LogP contribution >= 0.6 is 0 Å². The Morgan fingerprint density at radius 2 is 2.08 bits per heavy atom. The average molecular weight is 370 g/mol. The fourth-order valence-electron chi connectivity index (χ4n) is 2.41. The highest BCUT2D eigenvalue weighted by Crippen LogP contribution is 2.16. The minimum absolute atomic E-state index is 0.0913. The second kappa shape index (κ2) is 9.74. The Bertz CT molecular complexity index is 640. The Morgan fingerprint density at radius 1 is 1.32 bits per heavy atom. The Morgan fingerprint density at radius 3 is 2.72 bits per heavy atom. The van der Waals surface area contributed by atoms with Crippen LogP contribution in [0.25, 0.3) is 0 Å². The van der Waals surface area contributed by atoms with Gasteiger partial charge in [-0.1, -0.05) is 13.3 Å². The molecule has 140 valence electrons. The van der Waals surface area contributed by atoms with Gasteiger partial charge in [0.05, 0.1) is 11.0 Å². The Balaban J connectivity index is 1.76. The number of carbonyl (C=O) groups is 1. The molecule has 1 aliphatic heterocycles. The number of hydrogen-bond acceptors (Lipinski definition) is 5. The van der Waals surface area contributed by atoms with Crippen molar-refractivity contribution >= 4 is 15.9 Å². The van der Waals surface area contributed by atoms with Crippen LogP contribution in [-0.2, 0) is 19.6 Å². The summed E-state index contributed by atoms with van der Waals surface area (Å²) in [5.74, 6) is 0.216. The van der Waals surface area contributed by atoms with Gasteiger partial charge in [-0.3, -0.25) is 4.79 Å². The van der Waals surface area contributed by atoms with Crippen molar-refractivity contribution in [2.45, 2.75) is 43.6 Å². The summed E-state index contributed by atoms with van der Waals surface area (Å²) in [6, 6.07) is 6.02. The van der Waals surface area contributed by atoms with E-state index in [1.807, 2.05) is 6.92 Å². The largest absolute Gasteiger partial charge is 0.484 e. The van der Waals surface area contributed by atoms with Crippen molar-refractivity contribution in [2.24, 2.45) is 0 Å². The normalized spacial score (nSPS) is 17.4. The standard InChI is InChI=1S/C17H26N2O5S/c1-2-3-10-19-25(21,22)16-8-6-14(7-9-16)24-13-17(20)18-12-15-5-4-11-23-15/h6-9,15,19H,2-5,10-13H2,1H3,(H,18,20)/t15-/m0/s1. The molecule has 1 aromatic rings. The number of rotatable bonds is 10. The van der Waals surface area contributed by atoms with E-state index in [9.17, 15) is 13.2 Å². The lowest BCUT2D eigenvalue weighted by molar-refractivity contribution is -0.123. The van der Waals surface area contributed by atoms with Crippen LogP contribution in [0.4, 0.5) is 0 Å². The number of nitrogens with one attached hydrogen (secondary N) is 2. The van der Waals surface area contributed by atoms with Gasteiger partial charge in [0.15, 0.2) is 6.61 Å². The van der Waals surface area contributed by atoms with Crippen molar-refractivity contribution in [1.29, 1.82) is 0 Å². The molecule has 1 heterocycles. The monoisotopic (exact) mass is 370 g/mol. The smallest absolute Gasteiger partial charge is 0.258 e. The molecule has 1 saturated heterocycles. The van der Waals surface area contributed by atoms with E-state index in [1.165, 1.54) is 12.1 Å². The number of benzene rings is 1. The lowest BCUT2D eigenvalue weighted by Gasteiger charge is -2.11. The second-order valence-corrected chi connectivity index (χ2v) is 7.72. The third-order valence-corrected chi connectivity index (χ3v) is 5.35. The predicted molar refractivity (Wildman–Crippen MR) is 94.0 cm³/mol. The maximum atomic E-state index is 12.1. The van der Waals surface area contributed by atoms with E-state index in [2.05, 4.69) is 10.0 Å². The van der Waals surface area contributed by atoms with Gasteiger partial charge in [0, 0.05) is 19.7 Å². The number of hydrogen-bond donors (Lipinski definition) is 2. The van der Waals surface area contributed by atoms with E-state index in [0.29, 0.717) is 18.8 Å². The molecule has 1 aromatic carbocycles. The molecular formula is C17H26N2O5S. The Hall–Kier alpha value is -1.64. The molecule has 8 heteroatoms. The molecule has 2 N–H and O–H groups in total. The quantitative estimate of drug-likeness (QED) is 0.608. The minimum Gasteiger partial charge on any atom is -0.484 e. The SMILES string of the molecule is CCCCNS(=O)(=O)c1ccc(OCC(=O)NC[C@@H]2CCCO2)cc1. The molecule has 0 bridgehead atoms. The molecule has 1 amide bonds. The first-order valence-corrected chi connectivity index (χ1v) is 10.1. The summed E-state index contributed by atoms with van der Waals surface area (Å²) in [4.78, 5) is 11.9. The highest BCUT2D eigenvalue weighted by molar-refractivity contribution is 7.89. The predicted octanol–water partition coefficient (Wildman–Crippen LogP) is 1.44. The van der Waals surface area contributed by atoms with Gasteiger partial charge in [-0.05, 0) is 43.5 Å². The molecule has 0 radical (unpaired) electrons. The van der Waals surface area contributed by atoms with Crippen LogP contribution in [0.2, 0.25) is 0 Å². The van der Waals surface area contributed by atoms with Crippen molar-refractivity contribution in [2.75, 3.05) is 26.3 Å². The third kappa shape index (κ3) is 6.64. The molecule has 1 aliphatic rings. The zero-order chi connectivity index (χ0) is 18.1. The van der Waals surface area contributed by atoms with Gasteiger partial charge in [-0.15, -0.1) is 0 Å². The molecule has 7 nitrogen and oxygen atoms in total. The summed E-state index contributed by atoms with van der Waals surface area (Å²) >= 11 is 0. The van der Waals surface area contributed by atoms with Crippen LogP contribution < -0.4 is 14.8 Å². The maximum Gasteiger partial charge on any atom is 0.258 e. The second-order valence-electron chi connectivity index (χ2n) is 5.95. The Kier molecular flexibility index (Phi) is 7.67. The number of amides is 1. The molecule has 2 rings (SSSR count). The fourth-order valence-corrected chi connectivity index (χ4v) is 3.49. The van der Waals surface area contributed by atoms with Crippen LogP contribution in [0.5, 0.6) is 5.75 Å². The van der Waals surface area contributed by atoms with Gasteiger partial charge in [0.25, 0.3) is 5.91 Å². The van der Waals surface area contributed by atoms with E-state index in [0.717, 1.165) is 32.3 Å². The first kappa shape index (κ1) is 19.7. The zero-order valence-corrected chi connectivity index (χ0v) is 15.3. The minimum atomic E-state index is -3.50. The van der Waals surface area contributed by atoms with Crippen molar-refractivity contribution in [1.82, 2.24) is 10.0 Å². The van der Waals surface area contributed by atoms with Crippen LogP contribution in [0.1, 0.15) is 32.6 Å². The number of unbranched alkanes of at least 4 members (excludes halogenated alkanes) is 1. The molecule has 1 fully saturated rings. The summed E-state index contributed by atoms with van der Waals surface area (Å²) in [6.07, 6.45) is 3.79. The first-order chi connectivity index (χ1) is 12.0. The van der Waals surface area contributed by atoms with Crippen LogP contribution in [0.15, 0.2) is 29.2 Å². The Labute approximate surface area is 149 Å². The molecule has 1 atom stereocenters. The van der Waals surface area contributed by atoms with E-state index < -0.39 is 10.0 Å². The highest BCUT2D eigenvalue weighted by Gasteiger charge is 2.16. The summed E-state index contributed by atoms with van der Waals surface area (Å²) < 4.78 is 37.5. The van der Waals surface area contributed by atoms with Gasteiger partial charge >= 0.3 is 0 Å². The molecule has 0 unspecified atom stereocenters. The summed E-state index contributed by atoms with van der Waals surface area (Å²) in [6.45, 7) is 3.54. The molecule has 0 saturated carbocycles. The van der Waals surface area contributed by atoms with Crippen LogP contribution in [-0.4, -0.2) is 46.7 Å². The summed E-state index contributed by atoms with van der Waals surface area (Å²) in [5.41, 5.74) is 0. The highest BCUT2D eigenvalue weighted by atomic mass is 32.2. The first-order valence-electron chi connectivity index (χ1n) is 8.62. The van der Waals surface area contributed by atoms with E-state index in [1.54, 1.807) is 12.1 Å². The van der Waals surface area contributed by atoms with E-state index >= 15 is 0 Å². The van der Waals surface area contributed by atoms with Crippen LogP contribution in [0, 0.1) is 0 Å². The molecular weight excluding hydrogens is 344 g/mol. The van der Waals surface area contributed by atoms with Crippen molar-refractivity contribution < 1.29 is 22.7 Å². The fraction of sp³-hybridized carbons (Fsp3) is 0.588. The molecule has 0 aliphatic carbocycles. The molecule has 25 heavy (non-hydrogen) atoms.